The van der Waals surface area contributed by atoms with Gasteiger partial charge in [-0.3, -0.25) is 4.79 Å². The first-order valence-corrected chi connectivity index (χ1v) is 8.48. The number of hydrogen-bond donors (Lipinski definition) is 2. The average molecular weight is 303 g/mol. The van der Waals surface area contributed by atoms with Gasteiger partial charge in [-0.25, -0.2) is 0 Å². The van der Waals surface area contributed by atoms with Crippen molar-refractivity contribution in [1.29, 1.82) is 0 Å². The van der Waals surface area contributed by atoms with Gasteiger partial charge in [-0.05, 0) is 63.4 Å². The predicted molar refractivity (Wildman–Crippen MR) is 92.3 cm³/mol. The third kappa shape index (κ3) is 5.34. The first-order valence-electron chi connectivity index (χ1n) is 8.48. The molecule has 4 heteroatoms. The molecule has 0 spiro atoms. The van der Waals surface area contributed by atoms with Crippen LogP contribution in [0.4, 0.5) is 5.69 Å². The lowest BCUT2D eigenvalue weighted by Gasteiger charge is -2.23. The number of amides is 1. The molecular weight excluding hydrogens is 274 g/mol. The Morgan fingerprint density at radius 3 is 3.00 bits per heavy atom. The van der Waals surface area contributed by atoms with Crippen LogP contribution in [0.3, 0.4) is 0 Å². The highest BCUT2D eigenvalue weighted by molar-refractivity contribution is 5.75. The van der Waals surface area contributed by atoms with Gasteiger partial charge in [0.05, 0.1) is 0 Å². The molecule has 1 atom stereocenters. The van der Waals surface area contributed by atoms with Gasteiger partial charge in [0.1, 0.15) is 0 Å². The fourth-order valence-corrected chi connectivity index (χ4v) is 3.01. The molecule has 1 saturated heterocycles. The number of rotatable bonds is 8. The van der Waals surface area contributed by atoms with Crippen LogP contribution in [0.25, 0.3) is 0 Å². The van der Waals surface area contributed by atoms with Crippen LogP contribution in [-0.4, -0.2) is 38.6 Å². The molecule has 22 heavy (non-hydrogen) atoms. The molecule has 1 aliphatic rings. The molecule has 0 radical (unpaired) electrons. The quantitative estimate of drug-likeness (QED) is 0.775. The molecule has 0 aromatic heterocycles. The van der Waals surface area contributed by atoms with Crippen molar-refractivity contribution in [1.82, 2.24) is 10.6 Å². The molecule has 0 saturated carbocycles. The maximum absolute atomic E-state index is 11.9. The van der Waals surface area contributed by atoms with E-state index in [0.717, 1.165) is 32.6 Å². The minimum absolute atomic E-state index is 0.187. The van der Waals surface area contributed by atoms with Crippen molar-refractivity contribution in [2.45, 2.75) is 33.1 Å². The fourth-order valence-electron chi connectivity index (χ4n) is 3.01. The van der Waals surface area contributed by atoms with Crippen LogP contribution in [0.15, 0.2) is 24.3 Å². The van der Waals surface area contributed by atoms with E-state index in [2.05, 4.69) is 53.6 Å². The maximum atomic E-state index is 11.9. The molecule has 1 aromatic rings. The number of aryl methyl sites for hydroxylation is 1. The van der Waals surface area contributed by atoms with Crippen molar-refractivity contribution in [2.24, 2.45) is 5.92 Å². The van der Waals surface area contributed by atoms with Crippen molar-refractivity contribution in [3.63, 3.8) is 0 Å². The number of benzene rings is 1. The Balaban J connectivity index is 1.68. The monoisotopic (exact) mass is 303 g/mol. The van der Waals surface area contributed by atoms with E-state index in [1.807, 2.05) is 0 Å². The molecule has 1 aliphatic heterocycles. The third-order valence-electron chi connectivity index (χ3n) is 4.39. The van der Waals surface area contributed by atoms with Crippen molar-refractivity contribution < 1.29 is 4.79 Å². The summed E-state index contributed by atoms with van der Waals surface area (Å²) in [5, 5.41) is 6.40. The molecule has 1 fully saturated rings. The zero-order chi connectivity index (χ0) is 15.8. The fraction of sp³-hybridized carbons (Fsp3) is 0.611. The van der Waals surface area contributed by atoms with Crippen LogP contribution >= 0.6 is 0 Å². The summed E-state index contributed by atoms with van der Waals surface area (Å²) in [5.74, 6) is 0.873. The van der Waals surface area contributed by atoms with Crippen LogP contribution in [0.1, 0.15) is 31.7 Å². The molecule has 1 aromatic carbocycles. The minimum atomic E-state index is 0.187. The summed E-state index contributed by atoms with van der Waals surface area (Å²) in [6.45, 7) is 8.96. The SMILES string of the molecule is CCN(CCNC(=O)CCC1CCNC1)c1cccc(C)c1. The summed E-state index contributed by atoms with van der Waals surface area (Å²) >= 11 is 0. The lowest BCUT2D eigenvalue weighted by molar-refractivity contribution is -0.121. The summed E-state index contributed by atoms with van der Waals surface area (Å²) in [4.78, 5) is 14.2. The molecule has 0 aliphatic carbocycles. The van der Waals surface area contributed by atoms with Crippen LogP contribution in [0.2, 0.25) is 0 Å². The largest absolute Gasteiger partial charge is 0.370 e. The van der Waals surface area contributed by atoms with E-state index in [1.54, 1.807) is 0 Å². The Kier molecular flexibility index (Phi) is 6.72. The molecule has 1 amide bonds. The van der Waals surface area contributed by atoms with Gasteiger partial charge in [0.25, 0.3) is 0 Å². The second-order valence-electron chi connectivity index (χ2n) is 6.17. The molecule has 0 bridgehead atoms. The van der Waals surface area contributed by atoms with E-state index in [9.17, 15) is 4.79 Å². The van der Waals surface area contributed by atoms with Gasteiger partial charge in [0.2, 0.25) is 5.91 Å². The van der Waals surface area contributed by atoms with Gasteiger partial charge in [-0.15, -0.1) is 0 Å². The van der Waals surface area contributed by atoms with Crippen LogP contribution in [0, 0.1) is 12.8 Å². The summed E-state index contributed by atoms with van der Waals surface area (Å²) in [6.07, 6.45) is 2.88. The minimum Gasteiger partial charge on any atom is -0.370 e. The number of likely N-dealkylation sites (N-methyl/N-ethyl adjacent to an activating group) is 1. The summed E-state index contributed by atoms with van der Waals surface area (Å²) in [6, 6.07) is 8.52. The van der Waals surface area contributed by atoms with E-state index in [-0.39, 0.29) is 5.91 Å². The van der Waals surface area contributed by atoms with Gasteiger partial charge < -0.3 is 15.5 Å². The normalized spacial score (nSPS) is 17.5. The Hall–Kier alpha value is -1.55. The first kappa shape index (κ1) is 16.8. The second-order valence-corrected chi connectivity index (χ2v) is 6.17. The lowest BCUT2D eigenvalue weighted by Crippen LogP contribution is -2.35. The van der Waals surface area contributed by atoms with Crippen molar-refractivity contribution in [3.8, 4) is 0 Å². The standard InChI is InChI=1S/C18H29N3O/c1-3-21(17-6-4-5-15(2)13-17)12-11-20-18(22)8-7-16-9-10-19-14-16/h4-6,13,16,19H,3,7-12,14H2,1-2H3,(H,20,22). The topological polar surface area (TPSA) is 44.4 Å². The van der Waals surface area contributed by atoms with Crippen LogP contribution in [-0.2, 0) is 4.79 Å². The first-order chi connectivity index (χ1) is 10.7. The Morgan fingerprint density at radius 2 is 2.32 bits per heavy atom. The molecule has 122 valence electrons. The maximum Gasteiger partial charge on any atom is 0.220 e. The number of carbonyl (C=O) groups is 1. The molecule has 2 N–H and O–H groups in total. The summed E-state index contributed by atoms with van der Waals surface area (Å²) in [7, 11) is 0. The van der Waals surface area contributed by atoms with Crippen molar-refractivity contribution in [2.75, 3.05) is 37.6 Å². The Labute approximate surface area is 134 Å². The highest BCUT2D eigenvalue weighted by atomic mass is 16.1. The Bertz CT molecular complexity index is 469. The zero-order valence-electron chi connectivity index (χ0n) is 13.9. The van der Waals surface area contributed by atoms with E-state index < -0.39 is 0 Å². The number of anilines is 1. The number of carbonyl (C=O) groups excluding carboxylic acids is 1. The van der Waals surface area contributed by atoms with Crippen molar-refractivity contribution >= 4 is 11.6 Å². The summed E-state index contributed by atoms with van der Waals surface area (Å²) < 4.78 is 0. The lowest BCUT2D eigenvalue weighted by atomic mass is 10.0. The van der Waals surface area contributed by atoms with Gasteiger partial charge in [-0.2, -0.15) is 0 Å². The highest BCUT2D eigenvalue weighted by Gasteiger charge is 2.15. The number of hydrogen-bond acceptors (Lipinski definition) is 3. The van der Waals surface area contributed by atoms with E-state index in [1.165, 1.54) is 17.7 Å². The number of nitrogens with one attached hydrogen (secondary N) is 2. The zero-order valence-corrected chi connectivity index (χ0v) is 13.9. The third-order valence-corrected chi connectivity index (χ3v) is 4.39. The molecule has 2 rings (SSSR count). The van der Waals surface area contributed by atoms with E-state index in [0.29, 0.717) is 18.9 Å². The van der Waals surface area contributed by atoms with E-state index >= 15 is 0 Å². The summed E-state index contributed by atoms with van der Waals surface area (Å²) in [5.41, 5.74) is 2.50. The average Bonchev–Trinajstić information content (AvgIpc) is 3.03. The number of nitrogens with zero attached hydrogens (tertiary/aromatic N) is 1. The van der Waals surface area contributed by atoms with Crippen LogP contribution < -0.4 is 15.5 Å². The molecular formula is C18H29N3O. The molecule has 4 nitrogen and oxygen atoms in total. The Morgan fingerprint density at radius 1 is 1.45 bits per heavy atom. The molecule has 1 heterocycles. The van der Waals surface area contributed by atoms with Crippen molar-refractivity contribution in [3.05, 3.63) is 29.8 Å². The van der Waals surface area contributed by atoms with Gasteiger partial charge in [0.15, 0.2) is 0 Å². The second kappa shape index (κ2) is 8.79. The van der Waals surface area contributed by atoms with Gasteiger partial charge >= 0.3 is 0 Å². The van der Waals surface area contributed by atoms with Gasteiger partial charge in [0, 0.05) is 31.7 Å². The van der Waals surface area contributed by atoms with Gasteiger partial charge in [-0.1, -0.05) is 12.1 Å². The highest BCUT2D eigenvalue weighted by Crippen LogP contribution is 2.15. The smallest absolute Gasteiger partial charge is 0.220 e. The predicted octanol–water partition coefficient (Wildman–Crippen LogP) is 2.33. The van der Waals surface area contributed by atoms with E-state index in [4.69, 9.17) is 0 Å². The molecule has 1 unspecified atom stereocenters. The van der Waals surface area contributed by atoms with Crippen LogP contribution in [0.5, 0.6) is 0 Å².